The Hall–Kier alpha value is -2.52. The number of nitrogens with zero attached hydrogens (tertiary/aromatic N) is 2. The molecular weight excluding hydrogens is 362 g/mol. The van der Waals surface area contributed by atoms with E-state index in [1.165, 1.54) is 13.0 Å². The predicted molar refractivity (Wildman–Crippen MR) is 83.1 cm³/mol. The molecule has 10 heteroatoms. The van der Waals surface area contributed by atoms with E-state index in [-0.39, 0.29) is 23.5 Å². The average Bonchev–Trinajstić information content (AvgIpc) is 3.31. The second kappa shape index (κ2) is 6.33. The largest absolute Gasteiger partial charge is 0.433 e. The Morgan fingerprint density at radius 2 is 1.65 bits per heavy atom. The first-order chi connectivity index (χ1) is 12.0. The third-order valence-corrected chi connectivity index (χ3v) is 3.75. The molecule has 2 aromatic rings. The van der Waals surface area contributed by atoms with Crippen LogP contribution in [0.2, 0.25) is 0 Å². The summed E-state index contributed by atoms with van der Waals surface area (Å²) in [5.74, 6) is -0.452. The summed E-state index contributed by atoms with van der Waals surface area (Å²) >= 11 is 0. The number of halogens is 6. The van der Waals surface area contributed by atoms with Crippen molar-refractivity contribution < 1.29 is 26.3 Å². The fourth-order valence-electron chi connectivity index (χ4n) is 2.20. The van der Waals surface area contributed by atoms with Crippen molar-refractivity contribution in [1.29, 1.82) is 0 Å². The highest BCUT2D eigenvalue weighted by atomic mass is 19.4. The van der Waals surface area contributed by atoms with Gasteiger partial charge in [0.1, 0.15) is 5.82 Å². The number of aryl methyl sites for hydroxylation is 1. The minimum absolute atomic E-state index is 0.0154. The van der Waals surface area contributed by atoms with Gasteiger partial charge in [-0.05, 0) is 37.5 Å². The van der Waals surface area contributed by atoms with E-state index in [2.05, 4.69) is 20.6 Å². The Bertz CT molecular complexity index is 811. The van der Waals surface area contributed by atoms with Gasteiger partial charge in [-0.25, -0.2) is 4.98 Å². The molecule has 1 aromatic carbocycles. The van der Waals surface area contributed by atoms with E-state index >= 15 is 0 Å². The number of hydrogen-bond donors (Lipinski definition) is 2. The van der Waals surface area contributed by atoms with Gasteiger partial charge in [-0.1, -0.05) is 6.07 Å². The number of hydrogen-bond acceptors (Lipinski definition) is 4. The molecule has 0 spiro atoms. The molecule has 140 valence electrons. The first-order valence-corrected chi connectivity index (χ1v) is 7.70. The summed E-state index contributed by atoms with van der Waals surface area (Å²) in [6.45, 7) is 1.54. The van der Waals surface area contributed by atoms with Crippen molar-refractivity contribution in [1.82, 2.24) is 9.97 Å². The zero-order valence-corrected chi connectivity index (χ0v) is 13.5. The Labute approximate surface area is 144 Å². The minimum atomic E-state index is -4.71. The van der Waals surface area contributed by atoms with Gasteiger partial charge >= 0.3 is 12.4 Å². The maximum absolute atomic E-state index is 13.0. The standard InChI is InChI=1S/C16H14F6N4/c1-8-2-3-9(15(17,18)19)6-11(8)24-13-7-12(16(20,21)22)25-14(26-13)23-10-4-5-10/h2-3,6-7,10H,4-5H2,1H3,(H2,23,24,25,26). The van der Waals surface area contributed by atoms with Crippen LogP contribution in [0.25, 0.3) is 0 Å². The van der Waals surface area contributed by atoms with E-state index in [0.717, 1.165) is 25.0 Å². The van der Waals surface area contributed by atoms with Crippen molar-refractivity contribution in [3.05, 3.63) is 41.1 Å². The fraction of sp³-hybridized carbons (Fsp3) is 0.375. The molecule has 0 aliphatic heterocycles. The van der Waals surface area contributed by atoms with E-state index in [0.29, 0.717) is 11.6 Å². The second-order valence-corrected chi connectivity index (χ2v) is 6.03. The molecule has 1 heterocycles. The molecule has 1 fully saturated rings. The molecule has 1 aliphatic carbocycles. The Balaban J connectivity index is 1.96. The molecular formula is C16H14F6N4. The van der Waals surface area contributed by atoms with Crippen LogP contribution in [-0.2, 0) is 12.4 Å². The van der Waals surface area contributed by atoms with Crippen LogP contribution in [0.4, 0.5) is 43.8 Å². The van der Waals surface area contributed by atoms with Gasteiger partial charge < -0.3 is 10.6 Å². The number of alkyl halides is 6. The van der Waals surface area contributed by atoms with Gasteiger partial charge in [-0.2, -0.15) is 31.3 Å². The molecule has 26 heavy (non-hydrogen) atoms. The normalized spacial score (nSPS) is 15.0. The number of aromatic nitrogens is 2. The Morgan fingerprint density at radius 3 is 2.23 bits per heavy atom. The average molecular weight is 376 g/mol. The van der Waals surface area contributed by atoms with Crippen LogP contribution in [0.3, 0.4) is 0 Å². The van der Waals surface area contributed by atoms with Crippen LogP contribution in [0.15, 0.2) is 24.3 Å². The predicted octanol–water partition coefficient (Wildman–Crippen LogP) is 5.14. The number of benzene rings is 1. The first-order valence-electron chi connectivity index (χ1n) is 7.70. The lowest BCUT2D eigenvalue weighted by atomic mass is 10.1. The summed E-state index contributed by atoms with van der Waals surface area (Å²) in [6.07, 6.45) is -7.67. The molecule has 1 aromatic heterocycles. The smallest absolute Gasteiger partial charge is 0.351 e. The lowest BCUT2D eigenvalue weighted by molar-refractivity contribution is -0.141. The molecule has 2 N–H and O–H groups in total. The zero-order chi connectivity index (χ0) is 19.1. The third kappa shape index (κ3) is 4.36. The van der Waals surface area contributed by atoms with Crippen molar-refractivity contribution >= 4 is 17.5 Å². The van der Waals surface area contributed by atoms with Crippen LogP contribution in [0.1, 0.15) is 29.7 Å². The van der Waals surface area contributed by atoms with Crippen LogP contribution >= 0.6 is 0 Å². The topological polar surface area (TPSA) is 49.8 Å². The van der Waals surface area contributed by atoms with Crippen molar-refractivity contribution in [2.45, 2.75) is 38.2 Å². The van der Waals surface area contributed by atoms with Crippen molar-refractivity contribution in [3.8, 4) is 0 Å². The maximum Gasteiger partial charge on any atom is 0.433 e. The van der Waals surface area contributed by atoms with E-state index in [4.69, 9.17) is 0 Å². The highest BCUT2D eigenvalue weighted by Crippen LogP contribution is 2.35. The highest BCUT2D eigenvalue weighted by Gasteiger charge is 2.35. The maximum atomic E-state index is 13.0. The number of nitrogens with one attached hydrogen (secondary N) is 2. The first kappa shape index (κ1) is 18.3. The van der Waals surface area contributed by atoms with Crippen molar-refractivity contribution in [2.75, 3.05) is 10.6 Å². The minimum Gasteiger partial charge on any atom is -0.351 e. The van der Waals surface area contributed by atoms with Crippen LogP contribution in [0, 0.1) is 6.92 Å². The summed E-state index contributed by atoms with van der Waals surface area (Å²) in [7, 11) is 0. The Morgan fingerprint density at radius 1 is 0.962 bits per heavy atom. The molecule has 4 nitrogen and oxygen atoms in total. The van der Waals surface area contributed by atoms with Gasteiger partial charge in [-0.3, -0.25) is 0 Å². The quantitative estimate of drug-likeness (QED) is 0.726. The summed E-state index contributed by atoms with van der Waals surface area (Å²) in [6, 6.07) is 3.65. The fourth-order valence-corrected chi connectivity index (χ4v) is 2.20. The van der Waals surface area contributed by atoms with Crippen LogP contribution in [-0.4, -0.2) is 16.0 Å². The van der Waals surface area contributed by atoms with Crippen molar-refractivity contribution in [2.24, 2.45) is 0 Å². The second-order valence-electron chi connectivity index (χ2n) is 6.03. The van der Waals surface area contributed by atoms with Crippen LogP contribution < -0.4 is 10.6 Å². The van der Waals surface area contributed by atoms with Gasteiger partial charge in [0.25, 0.3) is 0 Å². The molecule has 0 saturated heterocycles. The highest BCUT2D eigenvalue weighted by molar-refractivity contribution is 5.62. The van der Waals surface area contributed by atoms with Crippen molar-refractivity contribution in [3.63, 3.8) is 0 Å². The van der Waals surface area contributed by atoms with Crippen LogP contribution in [0.5, 0.6) is 0 Å². The summed E-state index contributed by atoms with van der Waals surface area (Å²) < 4.78 is 77.7. The lowest BCUT2D eigenvalue weighted by Crippen LogP contribution is -2.14. The summed E-state index contributed by atoms with van der Waals surface area (Å²) in [5, 5.41) is 5.30. The van der Waals surface area contributed by atoms with Gasteiger partial charge in [0.05, 0.1) is 5.56 Å². The Kier molecular flexibility index (Phi) is 4.45. The molecule has 3 rings (SSSR count). The SMILES string of the molecule is Cc1ccc(C(F)(F)F)cc1Nc1cc(C(F)(F)F)nc(NC2CC2)n1. The zero-order valence-electron chi connectivity index (χ0n) is 13.5. The summed E-state index contributed by atoms with van der Waals surface area (Å²) in [5.41, 5.74) is -1.64. The molecule has 0 radical (unpaired) electrons. The molecule has 0 atom stereocenters. The van der Waals surface area contributed by atoms with Gasteiger partial charge in [-0.15, -0.1) is 0 Å². The lowest BCUT2D eigenvalue weighted by Gasteiger charge is -2.15. The van der Waals surface area contributed by atoms with Gasteiger partial charge in [0.2, 0.25) is 5.95 Å². The van der Waals surface area contributed by atoms with E-state index < -0.39 is 23.6 Å². The van der Waals surface area contributed by atoms with E-state index in [1.807, 2.05) is 0 Å². The molecule has 0 unspecified atom stereocenters. The monoisotopic (exact) mass is 376 g/mol. The van der Waals surface area contributed by atoms with E-state index in [1.54, 1.807) is 0 Å². The van der Waals surface area contributed by atoms with Gasteiger partial charge in [0.15, 0.2) is 5.69 Å². The molecule has 1 saturated carbocycles. The number of rotatable bonds is 4. The molecule has 0 bridgehead atoms. The number of anilines is 3. The third-order valence-electron chi connectivity index (χ3n) is 3.75. The summed E-state index contributed by atoms with van der Waals surface area (Å²) in [4.78, 5) is 7.38. The molecule has 0 amide bonds. The van der Waals surface area contributed by atoms with Gasteiger partial charge in [0, 0.05) is 17.8 Å². The van der Waals surface area contributed by atoms with E-state index in [9.17, 15) is 26.3 Å². The molecule has 1 aliphatic rings.